The third-order valence-electron chi connectivity index (χ3n) is 3.65. The zero-order chi connectivity index (χ0) is 15.4. The van der Waals surface area contributed by atoms with Gasteiger partial charge in [-0.15, -0.1) is 0 Å². The molecular formula is C14H16N6O2. The molecule has 1 saturated heterocycles. The predicted molar refractivity (Wildman–Crippen MR) is 81.8 cm³/mol. The zero-order valence-corrected chi connectivity index (χ0v) is 11.9. The summed E-state index contributed by atoms with van der Waals surface area (Å²) in [7, 11) is 0. The molecule has 0 spiro atoms. The summed E-state index contributed by atoms with van der Waals surface area (Å²) in [5, 5.41) is 14.2. The SMILES string of the molecule is O=[N+]([O-])c1cccnc1NC1CCN(c2ncccn2)CC1. The van der Waals surface area contributed by atoms with Crippen molar-refractivity contribution in [1.29, 1.82) is 0 Å². The van der Waals surface area contributed by atoms with Crippen LogP contribution < -0.4 is 10.2 Å². The van der Waals surface area contributed by atoms with Crippen molar-refractivity contribution in [3.63, 3.8) is 0 Å². The molecule has 3 rings (SSSR count). The van der Waals surface area contributed by atoms with E-state index in [4.69, 9.17) is 0 Å². The number of hydrogen-bond acceptors (Lipinski definition) is 7. The molecule has 1 aliphatic rings. The maximum Gasteiger partial charge on any atom is 0.311 e. The molecule has 0 radical (unpaired) electrons. The van der Waals surface area contributed by atoms with Crippen LogP contribution in [0.3, 0.4) is 0 Å². The molecule has 2 aromatic rings. The smallest absolute Gasteiger partial charge is 0.311 e. The van der Waals surface area contributed by atoms with Gasteiger partial charge in [-0.1, -0.05) is 0 Å². The van der Waals surface area contributed by atoms with Gasteiger partial charge < -0.3 is 10.2 Å². The van der Waals surface area contributed by atoms with Crippen LogP contribution in [0.1, 0.15) is 12.8 Å². The average molecular weight is 300 g/mol. The van der Waals surface area contributed by atoms with E-state index in [0.717, 1.165) is 31.9 Å². The monoisotopic (exact) mass is 300 g/mol. The van der Waals surface area contributed by atoms with E-state index in [9.17, 15) is 10.1 Å². The molecule has 0 atom stereocenters. The van der Waals surface area contributed by atoms with Crippen LogP contribution in [0.25, 0.3) is 0 Å². The van der Waals surface area contributed by atoms with Gasteiger partial charge in [-0.2, -0.15) is 0 Å². The lowest BCUT2D eigenvalue weighted by Gasteiger charge is -2.32. The van der Waals surface area contributed by atoms with Crippen LogP contribution in [0.2, 0.25) is 0 Å². The number of aromatic nitrogens is 3. The molecule has 8 heteroatoms. The second-order valence-corrected chi connectivity index (χ2v) is 5.08. The van der Waals surface area contributed by atoms with E-state index in [0.29, 0.717) is 5.82 Å². The van der Waals surface area contributed by atoms with Gasteiger partial charge in [-0.3, -0.25) is 10.1 Å². The summed E-state index contributed by atoms with van der Waals surface area (Å²) in [6.45, 7) is 1.62. The molecule has 3 heterocycles. The summed E-state index contributed by atoms with van der Waals surface area (Å²) in [6, 6.07) is 4.98. The van der Waals surface area contributed by atoms with Crippen molar-refractivity contribution in [1.82, 2.24) is 15.0 Å². The Morgan fingerprint density at radius 2 is 1.82 bits per heavy atom. The highest BCUT2D eigenvalue weighted by Gasteiger charge is 2.23. The molecule has 0 saturated carbocycles. The van der Waals surface area contributed by atoms with Crippen LogP contribution in [-0.4, -0.2) is 39.0 Å². The highest BCUT2D eigenvalue weighted by atomic mass is 16.6. The van der Waals surface area contributed by atoms with Gasteiger partial charge in [0.05, 0.1) is 4.92 Å². The highest BCUT2D eigenvalue weighted by molar-refractivity contribution is 5.55. The normalized spacial score (nSPS) is 15.5. The van der Waals surface area contributed by atoms with Crippen LogP contribution in [0.5, 0.6) is 0 Å². The average Bonchev–Trinajstić information content (AvgIpc) is 2.57. The molecule has 0 bridgehead atoms. The van der Waals surface area contributed by atoms with Gasteiger partial charge >= 0.3 is 5.69 Å². The second-order valence-electron chi connectivity index (χ2n) is 5.08. The Labute approximate surface area is 127 Å². The largest absolute Gasteiger partial charge is 0.361 e. The third-order valence-corrected chi connectivity index (χ3v) is 3.65. The lowest BCUT2D eigenvalue weighted by Crippen LogP contribution is -2.40. The van der Waals surface area contributed by atoms with Crippen LogP contribution in [0, 0.1) is 10.1 Å². The number of piperidine rings is 1. The Bertz CT molecular complexity index is 643. The van der Waals surface area contributed by atoms with Gasteiger partial charge in [-0.25, -0.2) is 15.0 Å². The minimum atomic E-state index is -0.414. The molecule has 1 N–H and O–H groups in total. The first-order valence-corrected chi connectivity index (χ1v) is 7.12. The fourth-order valence-corrected chi connectivity index (χ4v) is 2.53. The van der Waals surface area contributed by atoms with E-state index in [-0.39, 0.29) is 11.7 Å². The molecule has 1 aliphatic heterocycles. The van der Waals surface area contributed by atoms with Crippen LogP contribution >= 0.6 is 0 Å². The van der Waals surface area contributed by atoms with Crippen LogP contribution in [0.4, 0.5) is 17.5 Å². The van der Waals surface area contributed by atoms with Crippen molar-refractivity contribution in [2.24, 2.45) is 0 Å². The van der Waals surface area contributed by atoms with E-state index < -0.39 is 4.92 Å². The van der Waals surface area contributed by atoms with Crippen molar-refractivity contribution < 1.29 is 4.92 Å². The van der Waals surface area contributed by atoms with Crippen molar-refractivity contribution >= 4 is 17.5 Å². The van der Waals surface area contributed by atoms with E-state index >= 15 is 0 Å². The maximum atomic E-state index is 11.0. The summed E-state index contributed by atoms with van der Waals surface area (Å²) in [6.07, 6.45) is 6.72. The lowest BCUT2D eigenvalue weighted by molar-refractivity contribution is -0.384. The Morgan fingerprint density at radius 1 is 1.14 bits per heavy atom. The fraction of sp³-hybridized carbons (Fsp3) is 0.357. The molecule has 0 aromatic carbocycles. The predicted octanol–water partition coefficient (Wildman–Crippen LogP) is 1.86. The fourth-order valence-electron chi connectivity index (χ4n) is 2.53. The number of anilines is 2. The van der Waals surface area contributed by atoms with Gasteiger partial charge in [-0.05, 0) is 25.0 Å². The number of rotatable bonds is 4. The van der Waals surface area contributed by atoms with E-state index in [2.05, 4.69) is 25.2 Å². The maximum absolute atomic E-state index is 11.0. The number of nitro groups is 1. The summed E-state index contributed by atoms with van der Waals surface area (Å²) in [4.78, 5) is 25.3. The first-order valence-electron chi connectivity index (χ1n) is 7.12. The second kappa shape index (κ2) is 6.33. The molecule has 22 heavy (non-hydrogen) atoms. The number of hydrogen-bond donors (Lipinski definition) is 1. The standard InChI is InChI=1S/C14H16N6O2/c21-20(22)12-3-1-6-15-13(12)18-11-4-9-19(10-5-11)14-16-7-2-8-17-14/h1-3,6-8,11H,4-5,9-10H2,(H,15,18). The summed E-state index contributed by atoms with van der Waals surface area (Å²) in [5.74, 6) is 1.06. The Balaban J connectivity index is 1.62. The van der Waals surface area contributed by atoms with Gasteiger partial charge in [0.2, 0.25) is 11.8 Å². The van der Waals surface area contributed by atoms with Gasteiger partial charge in [0.1, 0.15) is 0 Å². The van der Waals surface area contributed by atoms with Gasteiger partial charge in [0.15, 0.2) is 0 Å². The van der Waals surface area contributed by atoms with E-state index in [1.54, 1.807) is 30.7 Å². The molecule has 0 aliphatic carbocycles. The first-order chi connectivity index (χ1) is 10.7. The Hall–Kier alpha value is -2.77. The third kappa shape index (κ3) is 3.11. The first kappa shape index (κ1) is 14.2. The molecule has 8 nitrogen and oxygen atoms in total. The lowest BCUT2D eigenvalue weighted by atomic mass is 10.1. The van der Waals surface area contributed by atoms with E-state index in [1.165, 1.54) is 6.07 Å². The van der Waals surface area contributed by atoms with Crippen molar-refractivity contribution in [3.8, 4) is 0 Å². The Morgan fingerprint density at radius 3 is 2.50 bits per heavy atom. The summed E-state index contributed by atoms with van der Waals surface area (Å²) in [5.41, 5.74) is 0.0105. The quantitative estimate of drug-likeness (QED) is 0.679. The molecule has 0 unspecified atom stereocenters. The van der Waals surface area contributed by atoms with Crippen molar-refractivity contribution in [2.45, 2.75) is 18.9 Å². The number of nitrogens with one attached hydrogen (secondary N) is 1. The molecule has 2 aromatic heterocycles. The van der Waals surface area contributed by atoms with Crippen LogP contribution in [0.15, 0.2) is 36.8 Å². The van der Waals surface area contributed by atoms with Crippen molar-refractivity contribution in [2.75, 3.05) is 23.3 Å². The minimum Gasteiger partial charge on any atom is -0.361 e. The van der Waals surface area contributed by atoms with Gasteiger partial charge in [0.25, 0.3) is 0 Å². The summed E-state index contributed by atoms with van der Waals surface area (Å²) < 4.78 is 0. The Kier molecular flexibility index (Phi) is 4.08. The van der Waals surface area contributed by atoms with Crippen LogP contribution in [-0.2, 0) is 0 Å². The highest BCUT2D eigenvalue weighted by Crippen LogP contribution is 2.24. The van der Waals surface area contributed by atoms with Crippen molar-refractivity contribution in [3.05, 3.63) is 46.9 Å². The molecule has 1 fully saturated rings. The summed E-state index contributed by atoms with van der Waals surface area (Å²) >= 11 is 0. The van der Waals surface area contributed by atoms with E-state index in [1.807, 2.05) is 0 Å². The topological polar surface area (TPSA) is 97.1 Å². The number of nitrogens with zero attached hydrogens (tertiary/aromatic N) is 5. The zero-order valence-electron chi connectivity index (χ0n) is 11.9. The number of pyridine rings is 1. The molecule has 114 valence electrons. The molecule has 0 amide bonds. The minimum absolute atomic E-state index is 0.0105. The molecular weight excluding hydrogens is 284 g/mol. The van der Waals surface area contributed by atoms with Gasteiger partial charge in [0, 0.05) is 43.8 Å².